The summed E-state index contributed by atoms with van der Waals surface area (Å²) in [6.45, 7) is 8.25. The molecule has 1 atom stereocenters. The van der Waals surface area contributed by atoms with Gasteiger partial charge in [-0.15, -0.1) is 0 Å². The summed E-state index contributed by atoms with van der Waals surface area (Å²) >= 11 is 5.80. The lowest BCUT2D eigenvalue weighted by molar-refractivity contribution is -0.122. The smallest absolute Gasteiger partial charge is 0.257 e. The van der Waals surface area contributed by atoms with E-state index in [-0.39, 0.29) is 18.2 Å². The summed E-state index contributed by atoms with van der Waals surface area (Å²) < 4.78 is 1.82. The SMILES string of the molecule is Cc1cccc(NC(=S)N(Cc2c(C)nn(C)c2C)[C@@H]2CC(=O)N(c3cccc(C)c3)C2=O)c1. The summed E-state index contributed by atoms with van der Waals surface area (Å²) in [4.78, 5) is 29.7. The molecule has 0 radical (unpaired) electrons. The molecule has 2 amide bonds. The highest BCUT2D eigenvalue weighted by Crippen LogP contribution is 2.29. The molecular formula is C26H29N5O2S. The number of anilines is 2. The molecule has 1 aliphatic heterocycles. The van der Waals surface area contributed by atoms with E-state index < -0.39 is 6.04 Å². The maximum Gasteiger partial charge on any atom is 0.257 e. The highest BCUT2D eigenvalue weighted by Gasteiger charge is 2.44. The Kier molecular flexibility index (Phi) is 6.52. The third-order valence-electron chi connectivity index (χ3n) is 6.28. The summed E-state index contributed by atoms with van der Waals surface area (Å²) in [5, 5.41) is 8.18. The van der Waals surface area contributed by atoms with Gasteiger partial charge in [0.05, 0.1) is 17.8 Å². The van der Waals surface area contributed by atoms with Crippen molar-refractivity contribution in [2.75, 3.05) is 10.2 Å². The fraction of sp³-hybridized carbons (Fsp3) is 0.308. The molecule has 0 spiro atoms. The van der Waals surface area contributed by atoms with E-state index >= 15 is 0 Å². The second-order valence-electron chi connectivity index (χ2n) is 8.83. The second kappa shape index (κ2) is 9.38. The van der Waals surface area contributed by atoms with E-state index in [1.54, 1.807) is 6.07 Å². The monoisotopic (exact) mass is 475 g/mol. The molecular weight excluding hydrogens is 446 g/mol. The van der Waals surface area contributed by atoms with E-state index in [9.17, 15) is 9.59 Å². The first kappa shape index (κ1) is 23.6. The number of rotatable bonds is 5. The first-order valence-corrected chi connectivity index (χ1v) is 11.6. The van der Waals surface area contributed by atoms with Gasteiger partial charge >= 0.3 is 0 Å². The fourth-order valence-corrected chi connectivity index (χ4v) is 4.67. The average Bonchev–Trinajstić information content (AvgIpc) is 3.19. The van der Waals surface area contributed by atoms with Crippen LogP contribution in [0.1, 0.15) is 34.5 Å². The maximum atomic E-state index is 13.6. The molecule has 1 fully saturated rings. The second-order valence-corrected chi connectivity index (χ2v) is 9.21. The van der Waals surface area contributed by atoms with Crippen molar-refractivity contribution in [2.45, 2.75) is 46.7 Å². The Labute approximate surface area is 205 Å². The number of benzene rings is 2. The third-order valence-corrected chi connectivity index (χ3v) is 6.61. The molecule has 176 valence electrons. The Morgan fingerprint density at radius 2 is 1.76 bits per heavy atom. The van der Waals surface area contributed by atoms with Gasteiger partial charge in [0.1, 0.15) is 6.04 Å². The quantitative estimate of drug-likeness (QED) is 0.441. The number of thiocarbonyl (C=S) groups is 1. The Morgan fingerprint density at radius 3 is 2.38 bits per heavy atom. The summed E-state index contributed by atoms with van der Waals surface area (Å²) in [5.74, 6) is -0.508. The first-order chi connectivity index (χ1) is 16.2. The minimum Gasteiger partial charge on any atom is -0.333 e. The van der Waals surface area contributed by atoms with Crippen LogP contribution in [0.5, 0.6) is 0 Å². The van der Waals surface area contributed by atoms with E-state index in [4.69, 9.17) is 12.2 Å². The van der Waals surface area contributed by atoms with Crippen LogP contribution in [0, 0.1) is 27.7 Å². The van der Waals surface area contributed by atoms with E-state index in [0.717, 1.165) is 33.8 Å². The summed E-state index contributed by atoms with van der Waals surface area (Å²) in [5.41, 5.74) is 6.35. The van der Waals surface area contributed by atoms with Gasteiger partial charge in [-0.25, -0.2) is 4.90 Å². The zero-order valence-electron chi connectivity index (χ0n) is 20.1. The van der Waals surface area contributed by atoms with Gasteiger partial charge in [-0.05, 0) is 75.3 Å². The minimum absolute atomic E-state index is 0.0563. The van der Waals surface area contributed by atoms with Crippen LogP contribution in [0.4, 0.5) is 11.4 Å². The van der Waals surface area contributed by atoms with Crippen LogP contribution in [0.3, 0.4) is 0 Å². The van der Waals surface area contributed by atoms with Crippen LogP contribution in [-0.2, 0) is 23.2 Å². The van der Waals surface area contributed by atoms with Gasteiger partial charge in [-0.2, -0.15) is 5.10 Å². The normalized spacial score (nSPS) is 15.7. The number of nitrogens with one attached hydrogen (secondary N) is 1. The molecule has 2 aromatic carbocycles. The number of hydrogen-bond acceptors (Lipinski definition) is 4. The number of carbonyl (C=O) groups excluding carboxylic acids is 2. The molecule has 1 aromatic heterocycles. The summed E-state index contributed by atoms with van der Waals surface area (Å²) in [7, 11) is 1.89. The molecule has 4 rings (SSSR count). The van der Waals surface area contributed by atoms with Gasteiger partial charge in [-0.1, -0.05) is 24.3 Å². The lowest BCUT2D eigenvalue weighted by atomic mass is 10.1. The van der Waals surface area contributed by atoms with Crippen molar-refractivity contribution in [2.24, 2.45) is 7.05 Å². The van der Waals surface area contributed by atoms with Crippen molar-refractivity contribution in [1.29, 1.82) is 0 Å². The molecule has 7 nitrogen and oxygen atoms in total. The lowest BCUT2D eigenvalue weighted by Gasteiger charge is -2.30. The van der Waals surface area contributed by atoms with Crippen LogP contribution in [0.2, 0.25) is 0 Å². The van der Waals surface area contributed by atoms with Gasteiger partial charge < -0.3 is 10.2 Å². The van der Waals surface area contributed by atoms with Gasteiger partial charge in [0, 0.05) is 30.5 Å². The van der Waals surface area contributed by atoms with Crippen molar-refractivity contribution in [3.63, 3.8) is 0 Å². The zero-order chi connectivity index (χ0) is 24.6. The number of hydrogen-bond donors (Lipinski definition) is 1. The number of imide groups is 1. The molecule has 34 heavy (non-hydrogen) atoms. The molecule has 0 bridgehead atoms. The molecule has 2 heterocycles. The molecule has 8 heteroatoms. The minimum atomic E-state index is -0.711. The fourth-order valence-electron chi connectivity index (χ4n) is 4.36. The summed E-state index contributed by atoms with van der Waals surface area (Å²) in [6, 6.07) is 14.6. The van der Waals surface area contributed by atoms with Crippen LogP contribution in [0.15, 0.2) is 48.5 Å². The molecule has 1 saturated heterocycles. The molecule has 0 unspecified atom stereocenters. The van der Waals surface area contributed by atoms with Crippen LogP contribution < -0.4 is 10.2 Å². The first-order valence-electron chi connectivity index (χ1n) is 11.2. The van der Waals surface area contributed by atoms with E-state index in [1.807, 2.05) is 86.8 Å². The Hall–Kier alpha value is -3.52. The standard InChI is InChI=1S/C26H29N5O2S/c1-16-8-6-10-20(12-16)27-26(34)30(15-22-18(3)28-29(5)19(22)4)23-14-24(32)31(25(23)33)21-11-7-9-17(2)13-21/h6-13,23H,14-15H2,1-5H3,(H,27,34)/t23-/m1/s1. The lowest BCUT2D eigenvalue weighted by Crippen LogP contribution is -2.47. The maximum absolute atomic E-state index is 13.6. The molecule has 0 aliphatic carbocycles. The number of amides is 2. The van der Waals surface area contributed by atoms with Gasteiger partial charge in [0.2, 0.25) is 5.91 Å². The molecule has 1 N–H and O–H groups in total. The van der Waals surface area contributed by atoms with Crippen molar-refractivity contribution >= 4 is 40.5 Å². The third kappa shape index (κ3) is 4.59. The predicted molar refractivity (Wildman–Crippen MR) is 138 cm³/mol. The van der Waals surface area contributed by atoms with Crippen molar-refractivity contribution in [3.05, 3.63) is 76.6 Å². The number of carbonyl (C=O) groups is 2. The Bertz CT molecular complexity index is 1280. The van der Waals surface area contributed by atoms with E-state index in [0.29, 0.717) is 17.3 Å². The number of nitrogens with zero attached hydrogens (tertiary/aromatic N) is 4. The van der Waals surface area contributed by atoms with E-state index in [2.05, 4.69) is 10.4 Å². The van der Waals surface area contributed by atoms with Gasteiger partial charge in [-0.3, -0.25) is 14.3 Å². The Morgan fingerprint density at radius 1 is 1.09 bits per heavy atom. The van der Waals surface area contributed by atoms with Crippen molar-refractivity contribution in [1.82, 2.24) is 14.7 Å². The highest BCUT2D eigenvalue weighted by atomic mass is 32.1. The van der Waals surface area contributed by atoms with Crippen molar-refractivity contribution < 1.29 is 9.59 Å². The van der Waals surface area contributed by atoms with Gasteiger partial charge in [0.25, 0.3) is 5.91 Å². The highest BCUT2D eigenvalue weighted by molar-refractivity contribution is 7.80. The molecule has 3 aromatic rings. The van der Waals surface area contributed by atoms with Crippen LogP contribution in [-0.4, -0.2) is 37.6 Å². The van der Waals surface area contributed by atoms with Crippen molar-refractivity contribution in [3.8, 4) is 0 Å². The topological polar surface area (TPSA) is 70.5 Å². The summed E-state index contributed by atoms with van der Waals surface area (Å²) in [6.07, 6.45) is 0.0563. The van der Waals surface area contributed by atoms with Crippen LogP contribution in [0.25, 0.3) is 0 Å². The number of aryl methyl sites for hydroxylation is 4. The van der Waals surface area contributed by atoms with Crippen LogP contribution >= 0.6 is 12.2 Å². The Balaban J connectivity index is 1.69. The zero-order valence-corrected chi connectivity index (χ0v) is 20.9. The largest absolute Gasteiger partial charge is 0.333 e. The molecule has 0 saturated carbocycles. The molecule has 1 aliphatic rings. The predicted octanol–water partition coefficient (Wildman–Crippen LogP) is 4.18. The van der Waals surface area contributed by atoms with E-state index in [1.165, 1.54) is 4.90 Å². The number of aromatic nitrogens is 2. The average molecular weight is 476 g/mol. The van der Waals surface area contributed by atoms with Gasteiger partial charge in [0.15, 0.2) is 5.11 Å².